The Balaban J connectivity index is 1.62. The van der Waals surface area contributed by atoms with E-state index in [4.69, 9.17) is 4.42 Å². The molecular weight excluding hydrogens is 450 g/mol. The van der Waals surface area contributed by atoms with E-state index in [-0.39, 0.29) is 24.4 Å². The maximum Gasteiger partial charge on any atom is 0.261 e. The molecule has 7 nitrogen and oxygen atoms in total. The molecule has 0 spiro atoms. The summed E-state index contributed by atoms with van der Waals surface area (Å²) >= 11 is 1.30. The first-order chi connectivity index (χ1) is 16.5. The Labute approximate surface area is 203 Å². The van der Waals surface area contributed by atoms with Gasteiger partial charge >= 0.3 is 0 Å². The molecule has 4 rings (SSSR count). The molecule has 0 bridgehead atoms. The van der Waals surface area contributed by atoms with Gasteiger partial charge in [-0.1, -0.05) is 43.0 Å². The molecule has 2 aromatic heterocycles. The van der Waals surface area contributed by atoms with Crippen LogP contribution in [0, 0.1) is 6.92 Å². The molecule has 0 aliphatic heterocycles. The van der Waals surface area contributed by atoms with E-state index in [1.165, 1.54) is 28.9 Å². The molecule has 0 saturated heterocycles. The summed E-state index contributed by atoms with van der Waals surface area (Å²) in [6.45, 7) is 1.70. The zero-order valence-corrected chi connectivity index (χ0v) is 20.0. The highest BCUT2D eigenvalue weighted by molar-refractivity contribution is 7.12. The molecule has 1 aliphatic rings. The smallest absolute Gasteiger partial charge is 0.261 e. The van der Waals surface area contributed by atoms with Gasteiger partial charge in [-0.05, 0) is 55.5 Å². The van der Waals surface area contributed by atoms with Crippen molar-refractivity contribution in [1.29, 1.82) is 0 Å². The first kappa shape index (κ1) is 23.8. The maximum atomic E-state index is 13.6. The minimum atomic E-state index is -0.995. The lowest BCUT2D eigenvalue weighted by molar-refractivity contribution is -0.127. The molecule has 0 unspecified atom stereocenters. The standard InChI is InChI=1S/C26H29N3O4S/c1-18-11-13-20(14-12-18)29(23(30)17-27-25(31)22-10-6-16-34-22)24(21-9-5-15-33-21)26(32)28-19-7-3-2-4-8-19/h5-6,9-16,19,24H,2-4,7-8,17H2,1H3,(H,27,31)(H,28,32)/t24-/m1/s1. The molecule has 8 heteroatoms. The van der Waals surface area contributed by atoms with Crippen molar-refractivity contribution in [3.63, 3.8) is 0 Å². The first-order valence-corrected chi connectivity index (χ1v) is 12.4. The Bertz CT molecular complexity index is 1090. The van der Waals surface area contributed by atoms with E-state index in [1.807, 2.05) is 19.1 Å². The Morgan fingerprint density at radius 1 is 1.06 bits per heavy atom. The van der Waals surface area contributed by atoms with Crippen LogP contribution >= 0.6 is 11.3 Å². The predicted molar refractivity (Wildman–Crippen MR) is 132 cm³/mol. The molecule has 1 atom stereocenters. The number of carbonyl (C=O) groups excluding carboxylic acids is 3. The number of thiophene rings is 1. The van der Waals surface area contributed by atoms with Gasteiger partial charge in [-0.25, -0.2) is 0 Å². The average molecular weight is 480 g/mol. The molecule has 2 N–H and O–H groups in total. The number of rotatable bonds is 8. The maximum absolute atomic E-state index is 13.6. The highest BCUT2D eigenvalue weighted by atomic mass is 32.1. The van der Waals surface area contributed by atoms with Crippen LogP contribution in [0.1, 0.15) is 59.1 Å². The number of hydrogen-bond acceptors (Lipinski definition) is 5. The minimum absolute atomic E-state index is 0.0761. The average Bonchev–Trinajstić information content (AvgIpc) is 3.57. The van der Waals surface area contributed by atoms with Crippen LogP contribution in [0.4, 0.5) is 5.69 Å². The number of furan rings is 1. The summed E-state index contributed by atoms with van der Waals surface area (Å²) in [5.74, 6) is -0.658. The van der Waals surface area contributed by atoms with E-state index < -0.39 is 11.9 Å². The lowest BCUT2D eigenvalue weighted by Crippen LogP contribution is -2.49. The zero-order chi connectivity index (χ0) is 23.9. The van der Waals surface area contributed by atoms with Crippen molar-refractivity contribution in [2.24, 2.45) is 0 Å². The number of nitrogens with zero attached hydrogens (tertiary/aromatic N) is 1. The monoisotopic (exact) mass is 479 g/mol. The van der Waals surface area contributed by atoms with E-state index in [1.54, 1.807) is 41.8 Å². The Morgan fingerprint density at radius 2 is 1.82 bits per heavy atom. The largest absolute Gasteiger partial charge is 0.467 e. The van der Waals surface area contributed by atoms with Gasteiger partial charge in [0.1, 0.15) is 5.76 Å². The van der Waals surface area contributed by atoms with Crippen LogP contribution in [0.5, 0.6) is 0 Å². The lowest BCUT2D eigenvalue weighted by Gasteiger charge is -2.32. The second kappa shape index (κ2) is 11.2. The third-order valence-corrected chi connectivity index (χ3v) is 6.87. The van der Waals surface area contributed by atoms with Gasteiger partial charge in [0.2, 0.25) is 5.91 Å². The van der Waals surface area contributed by atoms with Crippen molar-refractivity contribution < 1.29 is 18.8 Å². The number of anilines is 1. The number of nitrogens with one attached hydrogen (secondary N) is 2. The quantitative estimate of drug-likeness (QED) is 0.494. The summed E-state index contributed by atoms with van der Waals surface area (Å²) in [5, 5.41) is 7.62. The van der Waals surface area contributed by atoms with Gasteiger partial charge in [-0.2, -0.15) is 0 Å². The van der Waals surface area contributed by atoms with Gasteiger partial charge in [0.25, 0.3) is 11.8 Å². The molecule has 1 fully saturated rings. The molecule has 34 heavy (non-hydrogen) atoms. The van der Waals surface area contributed by atoms with E-state index in [2.05, 4.69) is 10.6 Å². The molecule has 1 aliphatic carbocycles. The molecule has 3 amide bonds. The number of benzene rings is 1. The van der Waals surface area contributed by atoms with Crippen LogP contribution in [-0.2, 0) is 9.59 Å². The SMILES string of the molecule is Cc1ccc(N(C(=O)CNC(=O)c2cccs2)[C@@H](C(=O)NC2CCCCC2)c2ccco2)cc1. The molecule has 178 valence electrons. The van der Waals surface area contributed by atoms with Crippen LogP contribution in [0.3, 0.4) is 0 Å². The summed E-state index contributed by atoms with van der Waals surface area (Å²) in [6.07, 6.45) is 6.66. The minimum Gasteiger partial charge on any atom is -0.467 e. The van der Waals surface area contributed by atoms with Crippen molar-refractivity contribution in [2.75, 3.05) is 11.4 Å². The van der Waals surface area contributed by atoms with E-state index >= 15 is 0 Å². The second-order valence-corrected chi connectivity index (χ2v) is 9.47. The van der Waals surface area contributed by atoms with Crippen LogP contribution in [0.2, 0.25) is 0 Å². The van der Waals surface area contributed by atoms with Crippen molar-refractivity contribution in [1.82, 2.24) is 10.6 Å². The summed E-state index contributed by atoms with van der Waals surface area (Å²) in [4.78, 5) is 41.5. The molecule has 1 aromatic carbocycles. The summed E-state index contributed by atoms with van der Waals surface area (Å²) in [5.41, 5.74) is 1.59. The fourth-order valence-electron chi connectivity index (χ4n) is 4.23. The topological polar surface area (TPSA) is 91.7 Å². The van der Waals surface area contributed by atoms with E-state index in [0.717, 1.165) is 31.2 Å². The summed E-state index contributed by atoms with van der Waals surface area (Å²) in [7, 11) is 0. The van der Waals surface area contributed by atoms with Crippen molar-refractivity contribution in [3.8, 4) is 0 Å². The highest BCUT2D eigenvalue weighted by Gasteiger charge is 2.36. The van der Waals surface area contributed by atoms with Crippen LogP contribution in [0.25, 0.3) is 0 Å². The third-order valence-electron chi connectivity index (χ3n) is 6.00. The zero-order valence-electron chi connectivity index (χ0n) is 19.2. The van der Waals surface area contributed by atoms with Gasteiger partial charge in [0.15, 0.2) is 6.04 Å². The molecule has 2 heterocycles. The normalized spacial score (nSPS) is 14.9. The number of hydrogen-bond donors (Lipinski definition) is 2. The van der Waals surface area contributed by atoms with Crippen LogP contribution in [0.15, 0.2) is 64.6 Å². The second-order valence-electron chi connectivity index (χ2n) is 8.52. The van der Waals surface area contributed by atoms with Gasteiger partial charge in [-0.3, -0.25) is 19.3 Å². The van der Waals surface area contributed by atoms with Crippen molar-refractivity contribution in [3.05, 3.63) is 76.4 Å². The summed E-state index contributed by atoms with van der Waals surface area (Å²) < 4.78 is 5.63. The Hall–Kier alpha value is -3.39. The molecule has 0 radical (unpaired) electrons. The fourth-order valence-corrected chi connectivity index (χ4v) is 4.87. The van der Waals surface area contributed by atoms with E-state index in [9.17, 15) is 14.4 Å². The van der Waals surface area contributed by atoms with E-state index in [0.29, 0.717) is 16.3 Å². The van der Waals surface area contributed by atoms with Crippen LogP contribution in [-0.4, -0.2) is 30.3 Å². The van der Waals surface area contributed by atoms with Crippen molar-refractivity contribution in [2.45, 2.75) is 51.1 Å². The Kier molecular flexibility index (Phi) is 7.80. The fraction of sp³-hybridized carbons (Fsp3) is 0.346. The van der Waals surface area contributed by atoms with Gasteiger partial charge in [-0.15, -0.1) is 11.3 Å². The molecular formula is C26H29N3O4S. The molecule has 1 saturated carbocycles. The third kappa shape index (κ3) is 5.75. The van der Waals surface area contributed by atoms with Gasteiger partial charge < -0.3 is 15.1 Å². The van der Waals surface area contributed by atoms with Gasteiger partial charge in [0.05, 0.1) is 17.7 Å². The first-order valence-electron chi connectivity index (χ1n) is 11.6. The highest BCUT2D eigenvalue weighted by Crippen LogP contribution is 2.29. The van der Waals surface area contributed by atoms with Gasteiger partial charge in [0, 0.05) is 11.7 Å². The summed E-state index contributed by atoms with van der Waals surface area (Å²) in [6, 6.07) is 13.3. The lowest BCUT2D eigenvalue weighted by atomic mass is 9.95. The predicted octanol–water partition coefficient (Wildman–Crippen LogP) is 4.60. The van der Waals surface area contributed by atoms with Crippen molar-refractivity contribution >= 4 is 34.7 Å². The number of carbonyl (C=O) groups is 3. The Morgan fingerprint density at radius 3 is 2.47 bits per heavy atom. The van der Waals surface area contributed by atoms with Crippen LogP contribution < -0.4 is 15.5 Å². The molecule has 3 aromatic rings. The number of amides is 3. The number of aryl methyl sites for hydroxylation is 1.